The zero-order valence-electron chi connectivity index (χ0n) is 19.7. The first-order valence-electron chi connectivity index (χ1n) is 11.8. The summed E-state index contributed by atoms with van der Waals surface area (Å²) in [4.78, 5) is 0. The third-order valence-electron chi connectivity index (χ3n) is 6.33. The summed E-state index contributed by atoms with van der Waals surface area (Å²) < 4.78 is 0. The minimum absolute atomic E-state index is 0.0434. The van der Waals surface area contributed by atoms with Crippen LogP contribution in [0.2, 0.25) is 0 Å². The van der Waals surface area contributed by atoms with Crippen molar-refractivity contribution in [3.8, 4) is 0 Å². The third-order valence-corrected chi connectivity index (χ3v) is 6.33. The highest BCUT2D eigenvalue weighted by Gasteiger charge is 2.29. The van der Waals surface area contributed by atoms with Gasteiger partial charge in [-0.25, -0.2) is 0 Å². The summed E-state index contributed by atoms with van der Waals surface area (Å²) in [7, 11) is 0. The van der Waals surface area contributed by atoms with Crippen molar-refractivity contribution in [2.24, 2.45) is 20.5 Å². The molecule has 0 radical (unpaired) electrons. The second-order valence-electron chi connectivity index (χ2n) is 8.99. The van der Waals surface area contributed by atoms with E-state index in [1.807, 2.05) is 104 Å². The topological polar surface area (TPSA) is 93.7 Å². The van der Waals surface area contributed by atoms with E-state index in [2.05, 4.69) is 31.1 Å². The highest BCUT2D eigenvalue weighted by Crippen LogP contribution is 2.42. The van der Waals surface area contributed by atoms with Crippen LogP contribution < -0.4 is 10.6 Å². The molecule has 36 heavy (non-hydrogen) atoms. The van der Waals surface area contributed by atoms with Crippen molar-refractivity contribution < 1.29 is 5.11 Å². The van der Waals surface area contributed by atoms with E-state index < -0.39 is 5.66 Å². The zero-order valence-corrected chi connectivity index (χ0v) is 19.7. The van der Waals surface area contributed by atoms with Crippen molar-refractivity contribution >= 4 is 55.7 Å². The average molecular weight is 473 g/mol. The summed E-state index contributed by atoms with van der Waals surface area (Å²) in [5.74, 6) is 0. The summed E-state index contributed by atoms with van der Waals surface area (Å²) in [6.45, 7) is 1.88. The van der Waals surface area contributed by atoms with Crippen LogP contribution in [0, 0.1) is 0 Å². The van der Waals surface area contributed by atoms with E-state index in [1.54, 1.807) is 0 Å². The monoisotopic (exact) mass is 472 g/mol. The Balaban J connectivity index is 1.38. The van der Waals surface area contributed by atoms with Gasteiger partial charge in [0.1, 0.15) is 5.66 Å². The van der Waals surface area contributed by atoms with E-state index in [-0.39, 0.29) is 6.61 Å². The molecule has 0 spiro atoms. The SMILES string of the molecule is C[C@@]1(CO)Nc2cccc3c(/N=N/c4ccc(/N=N/c5ccccc5)c5ccccc45)ccc(c23)N1. The van der Waals surface area contributed by atoms with Gasteiger partial charge in [0.25, 0.3) is 0 Å². The van der Waals surface area contributed by atoms with Gasteiger partial charge in [-0.2, -0.15) is 5.11 Å². The Bertz CT molecular complexity index is 1630. The predicted octanol–water partition coefficient (Wildman–Crippen LogP) is 8.37. The molecule has 1 heterocycles. The molecule has 3 N–H and O–H groups in total. The third kappa shape index (κ3) is 3.95. The quantitative estimate of drug-likeness (QED) is 0.224. The van der Waals surface area contributed by atoms with Crippen LogP contribution in [-0.4, -0.2) is 17.4 Å². The van der Waals surface area contributed by atoms with Crippen molar-refractivity contribution in [3.63, 3.8) is 0 Å². The maximum absolute atomic E-state index is 9.82. The molecule has 5 aromatic rings. The first-order chi connectivity index (χ1) is 17.6. The van der Waals surface area contributed by atoms with E-state index in [0.29, 0.717) is 0 Å². The van der Waals surface area contributed by atoms with Gasteiger partial charge in [-0.3, -0.25) is 0 Å². The van der Waals surface area contributed by atoms with Crippen LogP contribution in [0.4, 0.5) is 34.1 Å². The van der Waals surface area contributed by atoms with Crippen molar-refractivity contribution in [1.82, 2.24) is 0 Å². The molecule has 0 fully saturated rings. The number of hydrogen-bond acceptors (Lipinski definition) is 7. The van der Waals surface area contributed by atoms with E-state index in [0.717, 1.165) is 55.7 Å². The van der Waals surface area contributed by atoms with E-state index in [1.165, 1.54) is 0 Å². The molecule has 0 amide bonds. The van der Waals surface area contributed by atoms with Crippen molar-refractivity contribution in [3.05, 3.63) is 97.1 Å². The first-order valence-corrected chi connectivity index (χ1v) is 11.8. The molecule has 5 aromatic carbocycles. The molecule has 7 nitrogen and oxygen atoms in total. The normalized spacial score (nSPS) is 17.1. The molecule has 7 heteroatoms. The molecule has 1 aliphatic heterocycles. The molecule has 1 atom stereocenters. The molecule has 0 bridgehead atoms. The summed E-state index contributed by atoms with van der Waals surface area (Å²) in [5.41, 5.74) is 4.39. The first kappa shape index (κ1) is 21.9. The maximum atomic E-state index is 9.82. The molecule has 176 valence electrons. The van der Waals surface area contributed by atoms with Gasteiger partial charge in [-0.15, -0.1) is 15.3 Å². The summed E-state index contributed by atoms with van der Waals surface area (Å²) in [6, 6.07) is 31.5. The number of aliphatic hydroxyl groups is 1. The Morgan fingerprint density at radius 1 is 0.583 bits per heavy atom. The van der Waals surface area contributed by atoms with Gasteiger partial charge in [0.2, 0.25) is 0 Å². The fraction of sp³-hybridized carbons (Fsp3) is 0.103. The largest absolute Gasteiger partial charge is 0.392 e. The predicted molar refractivity (Wildman–Crippen MR) is 145 cm³/mol. The number of anilines is 2. The molecule has 1 aliphatic rings. The molecule has 0 aliphatic carbocycles. The van der Waals surface area contributed by atoms with Crippen LogP contribution in [0.3, 0.4) is 0 Å². The number of rotatable bonds is 5. The Kier molecular flexibility index (Phi) is 5.39. The number of nitrogens with one attached hydrogen (secondary N) is 2. The van der Waals surface area contributed by atoms with Crippen LogP contribution in [0.5, 0.6) is 0 Å². The Labute approximate surface area is 208 Å². The van der Waals surface area contributed by atoms with Gasteiger partial charge in [0.05, 0.1) is 29.4 Å². The zero-order chi connectivity index (χ0) is 24.5. The fourth-order valence-electron chi connectivity index (χ4n) is 4.55. The highest BCUT2D eigenvalue weighted by atomic mass is 16.3. The van der Waals surface area contributed by atoms with Crippen LogP contribution in [0.25, 0.3) is 21.5 Å². The van der Waals surface area contributed by atoms with Crippen molar-refractivity contribution in [2.45, 2.75) is 12.6 Å². The average Bonchev–Trinajstić information content (AvgIpc) is 2.92. The lowest BCUT2D eigenvalue weighted by atomic mass is 9.99. The summed E-state index contributed by atoms with van der Waals surface area (Å²) >= 11 is 0. The summed E-state index contributed by atoms with van der Waals surface area (Å²) in [6.07, 6.45) is 0. The smallest absolute Gasteiger partial charge is 0.129 e. The number of nitrogens with zero attached hydrogens (tertiary/aromatic N) is 4. The lowest BCUT2D eigenvalue weighted by Crippen LogP contribution is -2.48. The second kappa shape index (κ2) is 8.87. The number of benzene rings is 5. The number of azo groups is 2. The highest BCUT2D eigenvalue weighted by molar-refractivity contribution is 6.09. The van der Waals surface area contributed by atoms with Gasteiger partial charge < -0.3 is 15.7 Å². The molecule has 0 saturated heterocycles. The minimum Gasteiger partial charge on any atom is -0.392 e. The van der Waals surface area contributed by atoms with Gasteiger partial charge in [-0.1, -0.05) is 54.6 Å². The van der Waals surface area contributed by atoms with Crippen LogP contribution in [0.15, 0.2) is 118 Å². The van der Waals surface area contributed by atoms with Gasteiger partial charge >= 0.3 is 0 Å². The van der Waals surface area contributed by atoms with Crippen LogP contribution in [-0.2, 0) is 0 Å². The lowest BCUT2D eigenvalue weighted by Gasteiger charge is -2.37. The standard InChI is InChI=1S/C29H24N6O/c1-29(18-36)30-26-13-7-12-22-25(16-17-27(31-29)28(22)26)35-34-24-15-14-23(20-10-5-6-11-21(20)24)33-32-19-8-3-2-4-9-19/h2-17,30-31,36H,18H2,1H3/b33-32+,35-34+/t29-/m1/s1. The van der Waals surface area contributed by atoms with Gasteiger partial charge in [0.15, 0.2) is 0 Å². The molecule has 6 rings (SSSR count). The minimum atomic E-state index is -0.622. The lowest BCUT2D eigenvalue weighted by molar-refractivity contribution is 0.238. The summed E-state index contributed by atoms with van der Waals surface area (Å²) in [5, 5.41) is 38.7. The molecular formula is C29H24N6O. The Morgan fingerprint density at radius 2 is 1.11 bits per heavy atom. The van der Waals surface area contributed by atoms with Crippen LogP contribution in [0.1, 0.15) is 6.92 Å². The van der Waals surface area contributed by atoms with E-state index in [4.69, 9.17) is 0 Å². The maximum Gasteiger partial charge on any atom is 0.129 e. The van der Waals surface area contributed by atoms with Crippen LogP contribution >= 0.6 is 0 Å². The van der Waals surface area contributed by atoms with E-state index in [9.17, 15) is 5.11 Å². The Morgan fingerprint density at radius 3 is 1.78 bits per heavy atom. The van der Waals surface area contributed by atoms with Gasteiger partial charge in [0, 0.05) is 32.9 Å². The number of aliphatic hydroxyl groups excluding tert-OH is 1. The molecule has 0 saturated carbocycles. The Hall–Kier alpha value is -4.62. The molecule has 0 aromatic heterocycles. The second-order valence-corrected chi connectivity index (χ2v) is 8.99. The van der Waals surface area contributed by atoms with E-state index >= 15 is 0 Å². The molecular weight excluding hydrogens is 448 g/mol. The van der Waals surface area contributed by atoms with Crippen molar-refractivity contribution in [1.29, 1.82) is 0 Å². The number of hydrogen-bond donors (Lipinski definition) is 3. The fourth-order valence-corrected chi connectivity index (χ4v) is 4.55. The van der Waals surface area contributed by atoms with Gasteiger partial charge in [-0.05, 0) is 49.4 Å². The number of fused-ring (bicyclic) bond motifs is 1. The van der Waals surface area contributed by atoms with Crippen molar-refractivity contribution in [2.75, 3.05) is 17.2 Å². The molecule has 0 unspecified atom stereocenters.